The van der Waals surface area contributed by atoms with Gasteiger partial charge in [0.15, 0.2) is 0 Å². The van der Waals surface area contributed by atoms with Crippen LogP contribution in [0.25, 0.3) is 0 Å². The van der Waals surface area contributed by atoms with E-state index >= 15 is 0 Å². The molecule has 1 heterocycles. The summed E-state index contributed by atoms with van der Waals surface area (Å²) < 4.78 is 25.2. The lowest BCUT2D eigenvalue weighted by atomic mass is 10.1. The van der Waals surface area contributed by atoms with Crippen LogP contribution < -0.4 is 15.4 Å². The lowest BCUT2D eigenvalue weighted by Gasteiger charge is -2.25. The number of sulfonamides is 1. The molecule has 0 saturated heterocycles. The average Bonchev–Trinajstić information content (AvgIpc) is 2.30. The molecule has 0 saturated carbocycles. The fourth-order valence-corrected chi connectivity index (χ4v) is 2.93. The molecule has 0 aromatic carbocycles. The third-order valence-corrected chi connectivity index (χ3v) is 3.49. The summed E-state index contributed by atoms with van der Waals surface area (Å²) in [5, 5.41) is 6.36. The fraction of sp³-hybridized carbons (Fsp3) is 0.692. The van der Waals surface area contributed by atoms with Crippen molar-refractivity contribution in [2.45, 2.75) is 39.7 Å². The molecular weight excluding hydrogens is 290 g/mol. The van der Waals surface area contributed by atoms with Gasteiger partial charge in [0.05, 0.1) is 6.26 Å². The van der Waals surface area contributed by atoms with Crippen LogP contribution in [-0.2, 0) is 10.0 Å². The Morgan fingerprint density at radius 1 is 1.19 bits per heavy atom. The van der Waals surface area contributed by atoms with Crippen LogP contribution in [0.3, 0.4) is 0 Å². The maximum absolute atomic E-state index is 11.3. The summed E-state index contributed by atoms with van der Waals surface area (Å²) >= 11 is 0. The highest BCUT2D eigenvalue weighted by Crippen LogP contribution is 2.13. The standard InChI is InChI=1S/C13H25N5O2S/c1-6-7-14-11-8-12(17-10(2)16-11)15-9-13(3,4)18-21(5,19)20/h8,18H,6-7,9H2,1-5H3,(H2,14,15,16,17). The highest BCUT2D eigenvalue weighted by Gasteiger charge is 2.22. The molecule has 0 amide bonds. The summed E-state index contributed by atoms with van der Waals surface area (Å²) in [5.74, 6) is 2.10. The van der Waals surface area contributed by atoms with E-state index < -0.39 is 15.6 Å². The zero-order valence-corrected chi connectivity index (χ0v) is 14.1. The van der Waals surface area contributed by atoms with Gasteiger partial charge < -0.3 is 10.6 Å². The molecule has 0 spiro atoms. The molecule has 0 aliphatic heterocycles. The van der Waals surface area contributed by atoms with Crippen LogP contribution in [0.4, 0.5) is 11.6 Å². The Bertz CT molecular complexity index is 572. The van der Waals surface area contributed by atoms with Gasteiger partial charge in [-0.15, -0.1) is 0 Å². The highest BCUT2D eigenvalue weighted by molar-refractivity contribution is 7.88. The summed E-state index contributed by atoms with van der Waals surface area (Å²) in [4.78, 5) is 8.60. The van der Waals surface area contributed by atoms with Gasteiger partial charge in [-0.2, -0.15) is 0 Å². The normalized spacial score (nSPS) is 12.2. The van der Waals surface area contributed by atoms with Gasteiger partial charge in [0.25, 0.3) is 0 Å². The molecule has 21 heavy (non-hydrogen) atoms. The topological polar surface area (TPSA) is 96.0 Å². The SMILES string of the molecule is CCCNc1cc(NCC(C)(C)NS(C)(=O)=O)nc(C)n1. The largest absolute Gasteiger partial charge is 0.370 e. The summed E-state index contributed by atoms with van der Waals surface area (Å²) in [7, 11) is -3.25. The van der Waals surface area contributed by atoms with Gasteiger partial charge in [0.1, 0.15) is 17.5 Å². The molecule has 0 bridgehead atoms. The molecule has 8 heteroatoms. The Morgan fingerprint density at radius 2 is 1.76 bits per heavy atom. The first-order valence-corrected chi connectivity index (χ1v) is 8.83. The molecule has 0 fully saturated rings. The van der Waals surface area contributed by atoms with E-state index in [0.29, 0.717) is 18.2 Å². The lowest BCUT2D eigenvalue weighted by Crippen LogP contribution is -2.47. The smallest absolute Gasteiger partial charge is 0.209 e. The third-order valence-electron chi connectivity index (χ3n) is 2.57. The minimum absolute atomic E-state index is 0.420. The second-order valence-corrected chi connectivity index (χ2v) is 7.47. The van der Waals surface area contributed by atoms with Crippen LogP contribution >= 0.6 is 0 Å². The molecule has 1 aromatic rings. The first kappa shape index (κ1) is 17.6. The predicted molar refractivity (Wildman–Crippen MR) is 86.1 cm³/mol. The van der Waals surface area contributed by atoms with E-state index in [1.807, 2.05) is 26.8 Å². The Labute approximate surface area is 127 Å². The second-order valence-electron chi connectivity index (χ2n) is 5.72. The van der Waals surface area contributed by atoms with Crippen molar-refractivity contribution in [2.24, 2.45) is 0 Å². The Morgan fingerprint density at radius 3 is 2.29 bits per heavy atom. The molecule has 0 radical (unpaired) electrons. The molecular formula is C13H25N5O2S. The van der Waals surface area contributed by atoms with Gasteiger partial charge in [0.2, 0.25) is 10.0 Å². The van der Waals surface area contributed by atoms with Crippen LogP contribution in [0.2, 0.25) is 0 Å². The van der Waals surface area contributed by atoms with Crippen LogP contribution in [0.15, 0.2) is 6.07 Å². The fourth-order valence-electron chi connectivity index (χ4n) is 1.85. The van der Waals surface area contributed by atoms with Crippen molar-refractivity contribution in [1.29, 1.82) is 0 Å². The van der Waals surface area contributed by atoms with Crippen molar-refractivity contribution in [3.63, 3.8) is 0 Å². The molecule has 1 rings (SSSR count). The molecule has 0 aliphatic rings. The summed E-state index contributed by atoms with van der Waals surface area (Å²) in [6, 6.07) is 1.82. The van der Waals surface area contributed by atoms with Crippen molar-refractivity contribution < 1.29 is 8.42 Å². The maximum Gasteiger partial charge on any atom is 0.209 e. The van der Waals surface area contributed by atoms with E-state index in [1.165, 1.54) is 0 Å². The van der Waals surface area contributed by atoms with E-state index in [9.17, 15) is 8.42 Å². The number of aromatic nitrogens is 2. The molecule has 0 unspecified atom stereocenters. The monoisotopic (exact) mass is 315 g/mol. The number of nitrogens with zero attached hydrogens (tertiary/aromatic N) is 2. The Hall–Kier alpha value is -1.41. The van der Waals surface area contributed by atoms with E-state index in [1.54, 1.807) is 0 Å². The number of rotatable bonds is 8. The Kier molecular flexibility index (Phi) is 5.91. The highest BCUT2D eigenvalue weighted by atomic mass is 32.2. The van der Waals surface area contributed by atoms with Crippen molar-refractivity contribution in [1.82, 2.24) is 14.7 Å². The van der Waals surface area contributed by atoms with Crippen LogP contribution in [0.1, 0.15) is 33.0 Å². The van der Waals surface area contributed by atoms with Crippen molar-refractivity contribution >= 4 is 21.7 Å². The van der Waals surface area contributed by atoms with Crippen LogP contribution in [0, 0.1) is 6.92 Å². The van der Waals surface area contributed by atoms with Gasteiger partial charge in [-0.3, -0.25) is 0 Å². The van der Waals surface area contributed by atoms with Crippen molar-refractivity contribution in [3.05, 3.63) is 11.9 Å². The number of nitrogens with one attached hydrogen (secondary N) is 3. The van der Waals surface area contributed by atoms with Crippen molar-refractivity contribution in [3.8, 4) is 0 Å². The molecule has 120 valence electrons. The molecule has 0 aliphatic carbocycles. The molecule has 0 atom stereocenters. The van der Waals surface area contributed by atoms with Gasteiger partial charge >= 0.3 is 0 Å². The predicted octanol–water partition coefficient (Wildman–Crippen LogP) is 1.35. The van der Waals surface area contributed by atoms with Crippen molar-refractivity contribution in [2.75, 3.05) is 30.0 Å². The first-order valence-electron chi connectivity index (χ1n) is 6.94. The van der Waals surface area contributed by atoms with Gasteiger partial charge in [-0.05, 0) is 27.2 Å². The molecule has 1 aromatic heterocycles. The summed E-state index contributed by atoms with van der Waals surface area (Å²) in [6.45, 7) is 8.79. The maximum atomic E-state index is 11.3. The summed E-state index contributed by atoms with van der Waals surface area (Å²) in [5.41, 5.74) is -0.608. The zero-order chi connectivity index (χ0) is 16.1. The minimum atomic E-state index is -3.25. The molecule has 3 N–H and O–H groups in total. The quantitative estimate of drug-likeness (QED) is 0.670. The summed E-state index contributed by atoms with van der Waals surface area (Å²) in [6.07, 6.45) is 2.16. The zero-order valence-electron chi connectivity index (χ0n) is 13.3. The van der Waals surface area contributed by atoms with E-state index in [4.69, 9.17) is 0 Å². The van der Waals surface area contributed by atoms with Gasteiger partial charge in [-0.25, -0.2) is 23.1 Å². The third kappa shape index (κ3) is 7.24. The lowest BCUT2D eigenvalue weighted by molar-refractivity contribution is 0.476. The first-order chi connectivity index (χ1) is 9.61. The van der Waals surface area contributed by atoms with Gasteiger partial charge in [0, 0.05) is 24.7 Å². The van der Waals surface area contributed by atoms with E-state index in [-0.39, 0.29) is 0 Å². The number of hydrogen-bond donors (Lipinski definition) is 3. The molecule has 7 nitrogen and oxygen atoms in total. The number of aryl methyl sites for hydroxylation is 1. The number of anilines is 2. The van der Waals surface area contributed by atoms with E-state index in [0.717, 1.165) is 25.0 Å². The van der Waals surface area contributed by atoms with Crippen LogP contribution in [-0.4, -0.2) is 43.3 Å². The van der Waals surface area contributed by atoms with Gasteiger partial charge in [-0.1, -0.05) is 6.92 Å². The number of hydrogen-bond acceptors (Lipinski definition) is 6. The second kappa shape index (κ2) is 7.04. The average molecular weight is 315 g/mol. The Balaban J connectivity index is 2.72. The van der Waals surface area contributed by atoms with E-state index in [2.05, 4.69) is 32.2 Å². The van der Waals surface area contributed by atoms with Crippen LogP contribution in [0.5, 0.6) is 0 Å². The minimum Gasteiger partial charge on any atom is -0.370 e.